The summed E-state index contributed by atoms with van der Waals surface area (Å²) in [6.07, 6.45) is 1.44. The van der Waals surface area contributed by atoms with Crippen molar-refractivity contribution in [2.75, 3.05) is 0 Å². The number of carbonyl (C=O) groups excluding carboxylic acids is 1. The van der Waals surface area contributed by atoms with Gasteiger partial charge < -0.3 is 4.74 Å². The van der Waals surface area contributed by atoms with Crippen molar-refractivity contribution in [1.29, 1.82) is 0 Å². The number of hydrogen-bond acceptors (Lipinski definition) is 4. The van der Waals surface area contributed by atoms with Gasteiger partial charge in [-0.25, -0.2) is 9.78 Å². The van der Waals surface area contributed by atoms with Crippen LogP contribution in [0.4, 0.5) is 0 Å². The smallest absolute Gasteiger partial charge is 0.363 e. The van der Waals surface area contributed by atoms with Crippen molar-refractivity contribution < 1.29 is 9.53 Å². The second-order valence-electron chi connectivity index (χ2n) is 4.88. The first-order valence-electron chi connectivity index (χ1n) is 6.65. The Kier molecular flexibility index (Phi) is 3.36. The van der Waals surface area contributed by atoms with E-state index in [1.807, 2.05) is 50.2 Å². The highest BCUT2D eigenvalue weighted by atomic mass is 16.5. The normalized spacial score (nSPS) is 10.6. The molecule has 0 radical (unpaired) electrons. The zero-order valence-electron chi connectivity index (χ0n) is 11.8. The molecule has 0 aliphatic rings. The van der Waals surface area contributed by atoms with E-state index in [-0.39, 0.29) is 5.69 Å². The molecular formula is C17H14N2O2. The van der Waals surface area contributed by atoms with E-state index in [9.17, 15) is 4.79 Å². The Morgan fingerprint density at radius 2 is 1.76 bits per heavy atom. The molecule has 0 bridgehead atoms. The van der Waals surface area contributed by atoms with Crippen LogP contribution in [0.3, 0.4) is 0 Å². The lowest BCUT2D eigenvalue weighted by Gasteiger charge is -2.06. The van der Waals surface area contributed by atoms with Gasteiger partial charge >= 0.3 is 5.97 Å². The predicted octanol–water partition coefficient (Wildman–Crippen LogP) is 3.47. The Labute approximate surface area is 122 Å². The summed E-state index contributed by atoms with van der Waals surface area (Å²) in [4.78, 5) is 20.6. The van der Waals surface area contributed by atoms with E-state index in [2.05, 4.69) is 9.97 Å². The molecule has 3 aromatic rings. The topological polar surface area (TPSA) is 52.1 Å². The highest BCUT2D eigenvalue weighted by Gasteiger charge is 2.12. The van der Waals surface area contributed by atoms with Gasteiger partial charge in [-0.1, -0.05) is 18.2 Å². The van der Waals surface area contributed by atoms with Gasteiger partial charge in [0.05, 0.1) is 17.2 Å². The first kappa shape index (κ1) is 13.2. The summed E-state index contributed by atoms with van der Waals surface area (Å²) in [5.74, 6) is 0.00886. The van der Waals surface area contributed by atoms with Crippen LogP contribution in [0.25, 0.3) is 11.0 Å². The molecule has 0 saturated heterocycles. The minimum Gasteiger partial charge on any atom is -0.422 e. The molecule has 104 valence electrons. The number of aryl methyl sites for hydroxylation is 2. The van der Waals surface area contributed by atoms with Crippen LogP contribution in [0.5, 0.6) is 5.75 Å². The number of nitrogens with zero attached hydrogens (tertiary/aromatic N) is 2. The predicted molar refractivity (Wildman–Crippen MR) is 80.4 cm³/mol. The second kappa shape index (κ2) is 5.32. The van der Waals surface area contributed by atoms with Gasteiger partial charge in [0.1, 0.15) is 5.75 Å². The van der Waals surface area contributed by atoms with Gasteiger partial charge in [-0.2, -0.15) is 0 Å². The van der Waals surface area contributed by atoms with Gasteiger partial charge in [0, 0.05) is 0 Å². The van der Waals surface area contributed by atoms with Crippen LogP contribution in [0.2, 0.25) is 0 Å². The number of fused-ring (bicyclic) bond motifs is 1. The second-order valence-corrected chi connectivity index (χ2v) is 4.88. The van der Waals surface area contributed by atoms with Crippen molar-refractivity contribution >= 4 is 17.0 Å². The molecule has 0 aliphatic carbocycles. The van der Waals surface area contributed by atoms with Crippen LogP contribution in [0.15, 0.2) is 48.7 Å². The first-order valence-corrected chi connectivity index (χ1v) is 6.65. The molecule has 1 heterocycles. The maximum Gasteiger partial charge on any atom is 0.363 e. The minimum atomic E-state index is -0.503. The minimum absolute atomic E-state index is 0.201. The fraction of sp³-hybridized carbons (Fsp3) is 0.118. The lowest BCUT2D eigenvalue weighted by atomic mass is 10.1. The summed E-state index contributed by atoms with van der Waals surface area (Å²) in [6.45, 7) is 3.98. The number of aromatic nitrogens is 2. The van der Waals surface area contributed by atoms with E-state index in [1.165, 1.54) is 6.20 Å². The van der Waals surface area contributed by atoms with Crippen LogP contribution in [0, 0.1) is 13.8 Å². The Balaban J connectivity index is 1.87. The van der Waals surface area contributed by atoms with E-state index in [0.29, 0.717) is 11.3 Å². The van der Waals surface area contributed by atoms with Crippen molar-refractivity contribution in [3.8, 4) is 5.75 Å². The van der Waals surface area contributed by atoms with Crippen molar-refractivity contribution in [2.45, 2.75) is 13.8 Å². The summed E-state index contributed by atoms with van der Waals surface area (Å²) in [7, 11) is 0. The molecule has 1 aromatic heterocycles. The standard InChI is InChI=1S/C17H14N2O2/c1-11-7-8-13(9-12(11)2)21-17(20)16-10-18-14-5-3-4-6-15(14)19-16/h3-10H,1-2H3. The van der Waals surface area contributed by atoms with Crippen molar-refractivity contribution in [3.63, 3.8) is 0 Å². The molecule has 0 unspecified atom stereocenters. The van der Waals surface area contributed by atoms with Crippen molar-refractivity contribution in [3.05, 3.63) is 65.5 Å². The molecule has 0 atom stereocenters. The summed E-state index contributed by atoms with van der Waals surface area (Å²) in [5, 5.41) is 0. The molecule has 0 fully saturated rings. The Morgan fingerprint density at radius 3 is 2.52 bits per heavy atom. The maximum atomic E-state index is 12.1. The zero-order valence-corrected chi connectivity index (χ0v) is 11.8. The fourth-order valence-electron chi connectivity index (χ4n) is 1.99. The van der Waals surface area contributed by atoms with E-state index >= 15 is 0 Å². The third-order valence-electron chi connectivity index (χ3n) is 3.35. The van der Waals surface area contributed by atoms with E-state index < -0.39 is 5.97 Å². The summed E-state index contributed by atoms with van der Waals surface area (Å²) >= 11 is 0. The van der Waals surface area contributed by atoms with Crippen LogP contribution >= 0.6 is 0 Å². The van der Waals surface area contributed by atoms with Crippen molar-refractivity contribution in [2.24, 2.45) is 0 Å². The highest BCUT2D eigenvalue weighted by Crippen LogP contribution is 2.18. The SMILES string of the molecule is Cc1ccc(OC(=O)c2cnc3ccccc3n2)cc1C. The summed E-state index contributed by atoms with van der Waals surface area (Å²) in [5.41, 5.74) is 3.85. The molecular weight excluding hydrogens is 264 g/mol. The molecule has 0 saturated carbocycles. The number of carbonyl (C=O) groups is 1. The molecule has 0 N–H and O–H groups in total. The first-order chi connectivity index (χ1) is 10.1. The van der Waals surface area contributed by atoms with Gasteiger partial charge in [-0.3, -0.25) is 4.98 Å². The van der Waals surface area contributed by atoms with Crippen LogP contribution in [-0.2, 0) is 0 Å². The highest BCUT2D eigenvalue weighted by molar-refractivity contribution is 5.90. The maximum absolute atomic E-state index is 12.1. The van der Waals surface area contributed by atoms with E-state index in [4.69, 9.17) is 4.74 Å². The molecule has 0 amide bonds. The van der Waals surface area contributed by atoms with Gasteiger partial charge in [-0.15, -0.1) is 0 Å². The number of para-hydroxylation sites is 2. The van der Waals surface area contributed by atoms with Gasteiger partial charge in [0.25, 0.3) is 0 Å². The van der Waals surface area contributed by atoms with Gasteiger partial charge in [-0.05, 0) is 49.2 Å². The number of hydrogen-bond donors (Lipinski definition) is 0. The quantitative estimate of drug-likeness (QED) is 0.532. The lowest BCUT2D eigenvalue weighted by Crippen LogP contribution is -2.11. The number of ether oxygens (including phenoxy) is 1. The van der Waals surface area contributed by atoms with Crippen molar-refractivity contribution in [1.82, 2.24) is 9.97 Å². The molecule has 3 rings (SSSR count). The number of benzene rings is 2. The van der Waals surface area contributed by atoms with E-state index in [0.717, 1.165) is 16.6 Å². The average Bonchev–Trinajstić information content (AvgIpc) is 2.50. The van der Waals surface area contributed by atoms with Gasteiger partial charge in [0.2, 0.25) is 0 Å². The van der Waals surface area contributed by atoms with E-state index in [1.54, 1.807) is 6.07 Å². The number of esters is 1. The number of rotatable bonds is 2. The van der Waals surface area contributed by atoms with Crippen LogP contribution < -0.4 is 4.74 Å². The largest absolute Gasteiger partial charge is 0.422 e. The summed E-state index contributed by atoms with van der Waals surface area (Å²) in [6, 6.07) is 12.9. The molecule has 4 heteroatoms. The monoisotopic (exact) mass is 278 g/mol. The Morgan fingerprint density at radius 1 is 1.00 bits per heavy atom. The van der Waals surface area contributed by atoms with Crippen LogP contribution in [0.1, 0.15) is 21.6 Å². The molecule has 21 heavy (non-hydrogen) atoms. The molecule has 4 nitrogen and oxygen atoms in total. The molecule has 2 aromatic carbocycles. The average molecular weight is 278 g/mol. The zero-order chi connectivity index (χ0) is 14.8. The Hall–Kier alpha value is -2.75. The lowest BCUT2D eigenvalue weighted by molar-refractivity contribution is 0.0728. The molecule has 0 aliphatic heterocycles. The third kappa shape index (κ3) is 2.74. The fourth-order valence-corrected chi connectivity index (χ4v) is 1.99. The summed E-state index contributed by atoms with van der Waals surface area (Å²) < 4.78 is 5.34. The van der Waals surface area contributed by atoms with Crippen LogP contribution in [-0.4, -0.2) is 15.9 Å². The van der Waals surface area contributed by atoms with Gasteiger partial charge in [0.15, 0.2) is 5.69 Å². The Bertz CT molecular complexity index is 828. The third-order valence-corrected chi connectivity index (χ3v) is 3.35. The molecule has 0 spiro atoms.